The first-order valence-corrected chi connectivity index (χ1v) is 5.99. The van der Waals surface area contributed by atoms with Gasteiger partial charge >= 0.3 is 7.12 Å². The lowest BCUT2D eigenvalue weighted by molar-refractivity contribution is 0.00578. The molecule has 0 radical (unpaired) electrons. The topological polar surface area (TPSA) is 48.4 Å². The van der Waals surface area contributed by atoms with E-state index in [1.807, 2.05) is 27.7 Å². The van der Waals surface area contributed by atoms with Crippen LogP contribution in [0, 0.1) is 0 Å². The van der Waals surface area contributed by atoms with Crippen LogP contribution in [0.4, 0.5) is 0 Å². The quantitative estimate of drug-likeness (QED) is 0.575. The van der Waals surface area contributed by atoms with Crippen molar-refractivity contribution in [1.29, 1.82) is 0 Å². The first-order valence-electron chi connectivity index (χ1n) is 5.11. The maximum atomic E-state index is 10.8. The summed E-state index contributed by atoms with van der Waals surface area (Å²) in [5, 5.41) is 0. The summed E-state index contributed by atoms with van der Waals surface area (Å²) < 4.78 is 11.6. The van der Waals surface area contributed by atoms with E-state index in [1.165, 1.54) is 11.3 Å². The van der Waals surface area contributed by atoms with E-state index >= 15 is 0 Å². The van der Waals surface area contributed by atoms with Gasteiger partial charge in [0.1, 0.15) is 0 Å². The molecule has 86 valence electrons. The van der Waals surface area contributed by atoms with Crippen LogP contribution in [0.2, 0.25) is 0 Å². The summed E-state index contributed by atoms with van der Waals surface area (Å²) >= 11 is 1.30. The molecule has 0 aromatic carbocycles. The number of carbonyl (C=O) groups excluding carboxylic acids is 1. The van der Waals surface area contributed by atoms with E-state index in [1.54, 1.807) is 5.51 Å². The van der Waals surface area contributed by atoms with Crippen molar-refractivity contribution in [3.8, 4) is 0 Å². The third-order valence-electron chi connectivity index (χ3n) is 3.21. The van der Waals surface area contributed by atoms with Gasteiger partial charge in [0.2, 0.25) is 0 Å². The lowest BCUT2D eigenvalue weighted by atomic mass is 9.84. The second-order valence-corrected chi connectivity index (χ2v) is 5.69. The highest BCUT2D eigenvalue weighted by Gasteiger charge is 2.53. The van der Waals surface area contributed by atoms with Crippen molar-refractivity contribution in [3.05, 3.63) is 10.4 Å². The summed E-state index contributed by atoms with van der Waals surface area (Å²) in [6.07, 6.45) is 0.790. The van der Waals surface area contributed by atoms with Gasteiger partial charge in [-0.1, -0.05) is 0 Å². The van der Waals surface area contributed by atoms with Gasteiger partial charge in [0, 0.05) is 0 Å². The van der Waals surface area contributed by atoms with Crippen molar-refractivity contribution in [2.24, 2.45) is 0 Å². The molecule has 1 aromatic rings. The van der Waals surface area contributed by atoms with Crippen molar-refractivity contribution in [1.82, 2.24) is 4.98 Å². The summed E-state index contributed by atoms with van der Waals surface area (Å²) in [5.41, 5.74) is 1.41. The number of hydrogen-bond acceptors (Lipinski definition) is 5. The minimum Gasteiger partial charge on any atom is -0.398 e. The Bertz CT molecular complexity index is 400. The molecule has 0 spiro atoms. The molecule has 0 N–H and O–H groups in total. The minimum atomic E-state index is -0.545. The Labute approximate surface area is 99.1 Å². The maximum absolute atomic E-state index is 10.8. The molecule has 0 atom stereocenters. The van der Waals surface area contributed by atoms with Crippen LogP contribution in [0.25, 0.3) is 0 Å². The van der Waals surface area contributed by atoms with Crippen LogP contribution in [0.15, 0.2) is 5.51 Å². The highest BCUT2D eigenvalue weighted by atomic mass is 32.1. The van der Waals surface area contributed by atoms with Crippen LogP contribution in [0.5, 0.6) is 0 Å². The Kier molecular flexibility index (Phi) is 2.68. The predicted octanol–water partition coefficient (Wildman–Crippen LogP) is 1.25. The molecule has 0 amide bonds. The van der Waals surface area contributed by atoms with E-state index in [2.05, 4.69) is 4.98 Å². The van der Waals surface area contributed by atoms with Gasteiger partial charge in [-0.15, -0.1) is 11.3 Å². The van der Waals surface area contributed by atoms with Gasteiger partial charge in [0.05, 0.1) is 27.2 Å². The predicted molar refractivity (Wildman–Crippen MR) is 63.2 cm³/mol. The summed E-state index contributed by atoms with van der Waals surface area (Å²) in [7, 11) is -0.545. The third kappa shape index (κ3) is 1.71. The fraction of sp³-hybridized carbons (Fsp3) is 0.600. The molecule has 4 nitrogen and oxygen atoms in total. The van der Waals surface area contributed by atoms with Crippen molar-refractivity contribution in [2.45, 2.75) is 38.9 Å². The summed E-state index contributed by atoms with van der Waals surface area (Å²) in [6, 6.07) is 0. The zero-order valence-corrected chi connectivity index (χ0v) is 10.6. The summed E-state index contributed by atoms with van der Waals surface area (Å²) in [5.74, 6) is 0. The Morgan fingerprint density at radius 3 is 2.38 bits per heavy atom. The van der Waals surface area contributed by atoms with E-state index < -0.39 is 18.3 Å². The molecule has 6 heteroatoms. The molecule has 1 aliphatic rings. The Morgan fingerprint density at radius 1 is 1.31 bits per heavy atom. The largest absolute Gasteiger partial charge is 0.516 e. The molecule has 1 saturated heterocycles. The molecule has 0 saturated carbocycles. The molecule has 1 aromatic heterocycles. The average Bonchev–Trinajstić information content (AvgIpc) is 2.69. The lowest BCUT2D eigenvalue weighted by Gasteiger charge is -2.32. The zero-order chi connectivity index (χ0) is 12.0. The molecule has 2 rings (SSSR count). The number of aldehydes is 1. The maximum Gasteiger partial charge on any atom is 0.516 e. The second kappa shape index (κ2) is 3.65. The van der Waals surface area contributed by atoms with Crippen LogP contribution in [0.3, 0.4) is 0 Å². The molecule has 1 fully saturated rings. The van der Waals surface area contributed by atoms with E-state index in [0.29, 0.717) is 10.5 Å². The molecule has 16 heavy (non-hydrogen) atoms. The van der Waals surface area contributed by atoms with Gasteiger partial charge in [-0.25, -0.2) is 0 Å². The van der Waals surface area contributed by atoms with Crippen LogP contribution in [-0.2, 0) is 9.31 Å². The van der Waals surface area contributed by atoms with Gasteiger partial charge in [-0.2, -0.15) is 0 Å². The lowest BCUT2D eigenvalue weighted by Crippen LogP contribution is -2.41. The van der Waals surface area contributed by atoms with Crippen molar-refractivity contribution < 1.29 is 14.1 Å². The fourth-order valence-electron chi connectivity index (χ4n) is 1.48. The van der Waals surface area contributed by atoms with Crippen molar-refractivity contribution >= 4 is 30.3 Å². The number of rotatable bonds is 2. The molecule has 0 aliphatic carbocycles. The molecular formula is C10H14BNO3S. The van der Waals surface area contributed by atoms with Gasteiger partial charge < -0.3 is 9.31 Å². The molecule has 2 heterocycles. The van der Waals surface area contributed by atoms with Gasteiger partial charge in [0.25, 0.3) is 0 Å². The first kappa shape index (κ1) is 11.8. The monoisotopic (exact) mass is 239 g/mol. The third-order valence-corrected chi connectivity index (χ3v) is 3.98. The van der Waals surface area contributed by atoms with Crippen LogP contribution in [0.1, 0.15) is 37.4 Å². The zero-order valence-electron chi connectivity index (χ0n) is 9.81. The van der Waals surface area contributed by atoms with E-state index in [0.717, 1.165) is 6.29 Å². The Hall–Kier alpha value is -0.715. The Morgan fingerprint density at radius 2 is 1.88 bits per heavy atom. The van der Waals surface area contributed by atoms with E-state index in [4.69, 9.17) is 9.31 Å². The fourth-order valence-corrected chi connectivity index (χ4v) is 2.09. The standard InChI is InChI=1S/C10H14BNO3S/c1-9(2)10(3,4)15-11(14-9)8-7(5-13)16-6-12-8/h5-6H,1-4H3. The van der Waals surface area contributed by atoms with Gasteiger partial charge in [-0.05, 0) is 27.7 Å². The number of hydrogen-bond donors (Lipinski definition) is 0. The second-order valence-electron chi connectivity index (χ2n) is 4.81. The smallest absolute Gasteiger partial charge is 0.398 e. The van der Waals surface area contributed by atoms with Crippen LogP contribution in [-0.4, -0.2) is 29.6 Å². The molecular weight excluding hydrogens is 225 g/mol. The molecule has 1 aliphatic heterocycles. The average molecular weight is 239 g/mol. The van der Waals surface area contributed by atoms with Crippen molar-refractivity contribution in [2.75, 3.05) is 0 Å². The van der Waals surface area contributed by atoms with E-state index in [9.17, 15) is 4.79 Å². The number of thiazole rings is 1. The van der Waals surface area contributed by atoms with Crippen molar-refractivity contribution in [3.63, 3.8) is 0 Å². The number of carbonyl (C=O) groups is 1. The summed E-state index contributed by atoms with van der Waals surface area (Å²) in [4.78, 5) is 15.5. The SMILES string of the molecule is CC1(C)OB(c2ncsc2C=O)OC1(C)C. The normalized spacial score (nSPS) is 22.4. The minimum absolute atomic E-state index is 0.401. The van der Waals surface area contributed by atoms with Gasteiger partial charge in [0.15, 0.2) is 6.29 Å². The van der Waals surface area contributed by atoms with E-state index in [-0.39, 0.29) is 0 Å². The number of nitrogens with zero attached hydrogens (tertiary/aromatic N) is 1. The highest BCUT2D eigenvalue weighted by Crippen LogP contribution is 2.36. The Balaban J connectivity index is 2.30. The highest BCUT2D eigenvalue weighted by molar-refractivity contribution is 7.12. The van der Waals surface area contributed by atoms with Crippen LogP contribution < -0.4 is 5.59 Å². The summed E-state index contributed by atoms with van der Waals surface area (Å²) in [6.45, 7) is 7.89. The van der Waals surface area contributed by atoms with Crippen LogP contribution >= 0.6 is 11.3 Å². The molecule has 0 bridgehead atoms. The number of aromatic nitrogens is 1. The molecule has 0 unspecified atom stereocenters. The van der Waals surface area contributed by atoms with Gasteiger partial charge in [-0.3, -0.25) is 9.78 Å². The first-order chi connectivity index (χ1) is 7.37.